The molecule has 24 heavy (non-hydrogen) atoms. The highest BCUT2D eigenvalue weighted by Gasteiger charge is 2.44. The van der Waals surface area contributed by atoms with E-state index in [9.17, 15) is 13.8 Å². The number of nitrogens with zero attached hydrogens (tertiary/aromatic N) is 3. The number of nitrogens with two attached hydrogens (primary N) is 1. The first-order chi connectivity index (χ1) is 11.0. The van der Waals surface area contributed by atoms with E-state index in [-0.39, 0.29) is 19.1 Å². The normalized spacial score (nSPS) is 27.9. The summed E-state index contributed by atoms with van der Waals surface area (Å²) in [6.45, 7) is 7.58. The van der Waals surface area contributed by atoms with Crippen LogP contribution in [0.3, 0.4) is 0 Å². The Morgan fingerprint density at radius 1 is 1.12 bits per heavy atom. The van der Waals surface area contributed by atoms with Gasteiger partial charge in [0.15, 0.2) is 11.2 Å². The molecule has 9 nitrogen and oxygen atoms in total. The van der Waals surface area contributed by atoms with Crippen molar-refractivity contribution in [2.45, 2.75) is 38.3 Å². The van der Waals surface area contributed by atoms with Crippen molar-refractivity contribution in [2.24, 2.45) is 5.73 Å². The van der Waals surface area contributed by atoms with E-state index in [1.807, 2.05) is 20.8 Å². The van der Waals surface area contributed by atoms with E-state index in [1.54, 1.807) is 13.5 Å². The van der Waals surface area contributed by atoms with Crippen molar-refractivity contribution in [1.82, 2.24) is 13.5 Å². The summed E-state index contributed by atoms with van der Waals surface area (Å²) in [5, 5.41) is 9.15. The van der Waals surface area contributed by atoms with Crippen LogP contribution in [-0.4, -0.2) is 85.3 Å². The molecule has 0 aromatic heterocycles. The Labute approximate surface area is 144 Å². The molecule has 0 aliphatic carbocycles. The zero-order chi connectivity index (χ0) is 18.1. The number of carboxylic acids is 1. The molecule has 2 atom stereocenters. The van der Waals surface area contributed by atoms with Crippen LogP contribution in [0.25, 0.3) is 0 Å². The van der Waals surface area contributed by atoms with Gasteiger partial charge in [-0.1, -0.05) is 0 Å². The number of carboxylic acid groups (broad SMARTS) is 1. The zero-order valence-electron chi connectivity index (χ0n) is 14.4. The molecule has 10 heteroatoms. The molecule has 2 aliphatic heterocycles. The van der Waals surface area contributed by atoms with Crippen molar-refractivity contribution < 1.29 is 23.6 Å². The zero-order valence-corrected chi connectivity index (χ0v) is 15.2. The summed E-state index contributed by atoms with van der Waals surface area (Å²) >= 11 is -1.45. The third-order valence-corrected chi connectivity index (χ3v) is 5.58. The minimum atomic E-state index is -1.45. The third kappa shape index (κ3) is 4.44. The van der Waals surface area contributed by atoms with Crippen molar-refractivity contribution in [3.05, 3.63) is 0 Å². The number of piperazine rings is 1. The lowest BCUT2D eigenvalue weighted by atomic mass is 10.0. The Morgan fingerprint density at radius 2 is 1.71 bits per heavy atom. The molecule has 0 aromatic rings. The molecule has 0 bridgehead atoms. The van der Waals surface area contributed by atoms with Crippen molar-refractivity contribution in [3.63, 3.8) is 0 Å². The van der Waals surface area contributed by atoms with Gasteiger partial charge in [-0.05, 0) is 27.2 Å². The summed E-state index contributed by atoms with van der Waals surface area (Å²) in [4.78, 5) is 24.8. The molecule has 138 valence electrons. The van der Waals surface area contributed by atoms with Gasteiger partial charge in [0.25, 0.3) is 0 Å². The first-order valence-electron chi connectivity index (χ1n) is 7.94. The molecule has 2 heterocycles. The lowest BCUT2D eigenvalue weighted by molar-refractivity contribution is -0.142. The second-order valence-corrected chi connectivity index (χ2v) is 8.70. The molecule has 0 radical (unpaired) electrons. The molecule has 2 saturated heterocycles. The molecule has 0 spiro atoms. The molecule has 1 unspecified atom stereocenters. The van der Waals surface area contributed by atoms with Gasteiger partial charge in [0.05, 0.1) is 0 Å². The van der Waals surface area contributed by atoms with Crippen LogP contribution < -0.4 is 5.73 Å². The maximum Gasteiger partial charge on any atom is 0.410 e. The quantitative estimate of drug-likeness (QED) is 0.706. The Balaban J connectivity index is 1.85. The number of carbonyl (C=O) groups excluding carboxylic acids is 1. The number of hydrogen-bond donors (Lipinski definition) is 2. The van der Waals surface area contributed by atoms with E-state index in [1.165, 1.54) is 0 Å². The standard InChI is InChI=1S/C14H26N4O5S/c1-13(2,3)23-12(21)16-6-8-17(9-7-16)24(22)18-5-4-14(15,10-18)11(19)20/h4-10,15H2,1-3H3,(H,19,20)/t14-,24?/m1/s1. The maximum atomic E-state index is 12.6. The number of ether oxygens (including phenoxy) is 1. The van der Waals surface area contributed by atoms with Gasteiger partial charge in [-0.2, -0.15) is 0 Å². The van der Waals surface area contributed by atoms with Gasteiger partial charge < -0.3 is 20.5 Å². The van der Waals surface area contributed by atoms with E-state index < -0.39 is 28.3 Å². The van der Waals surface area contributed by atoms with Crippen molar-refractivity contribution >= 4 is 23.2 Å². The molecule has 0 saturated carbocycles. The fourth-order valence-corrected chi connectivity index (χ4v) is 4.01. The molecule has 2 rings (SSSR count). The topological polar surface area (TPSA) is 116 Å². The van der Waals surface area contributed by atoms with Crippen LogP contribution in [0.15, 0.2) is 0 Å². The highest BCUT2D eigenvalue weighted by Crippen LogP contribution is 2.22. The van der Waals surface area contributed by atoms with E-state index in [4.69, 9.17) is 15.6 Å². The van der Waals surface area contributed by atoms with Crippen molar-refractivity contribution in [1.29, 1.82) is 0 Å². The summed E-state index contributed by atoms with van der Waals surface area (Å²) < 4.78 is 21.2. The fourth-order valence-electron chi connectivity index (χ4n) is 2.62. The van der Waals surface area contributed by atoms with Crippen LogP contribution in [-0.2, 0) is 20.7 Å². The number of aliphatic carboxylic acids is 1. The molecule has 1 amide bonds. The molecule has 2 fully saturated rings. The summed E-state index contributed by atoms with van der Waals surface area (Å²) in [6.07, 6.45) is -0.104. The van der Waals surface area contributed by atoms with Crippen molar-refractivity contribution in [2.75, 3.05) is 39.3 Å². The predicted molar refractivity (Wildman–Crippen MR) is 88.3 cm³/mol. The van der Waals surface area contributed by atoms with E-state index >= 15 is 0 Å². The third-order valence-electron chi connectivity index (χ3n) is 4.02. The minimum Gasteiger partial charge on any atom is -0.480 e. The van der Waals surface area contributed by atoms with Crippen LogP contribution in [0.5, 0.6) is 0 Å². The number of rotatable bonds is 3. The molecule has 0 aromatic carbocycles. The van der Waals surface area contributed by atoms with Gasteiger partial charge in [-0.3, -0.25) is 4.79 Å². The Hall–Kier alpha value is -1.23. The average Bonchev–Trinajstić information content (AvgIpc) is 2.89. The number of hydrogen-bond acceptors (Lipinski definition) is 5. The Bertz CT molecular complexity index is 530. The summed E-state index contributed by atoms with van der Waals surface area (Å²) in [5.74, 6) is -1.07. The lowest BCUT2D eigenvalue weighted by Crippen LogP contribution is -2.54. The van der Waals surface area contributed by atoms with Crippen LogP contribution in [0.4, 0.5) is 4.79 Å². The van der Waals surface area contributed by atoms with Gasteiger partial charge in [-0.25, -0.2) is 17.6 Å². The van der Waals surface area contributed by atoms with Gasteiger partial charge in [0.2, 0.25) is 0 Å². The molecular weight excluding hydrogens is 336 g/mol. The molecular formula is C14H26N4O5S. The smallest absolute Gasteiger partial charge is 0.410 e. The van der Waals surface area contributed by atoms with Gasteiger partial charge in [-0.15, -0.1) is 0 Å². The molecule has 3 N–H and O–H groups in total. The lowest BCUT2D eigenvalue weighted by Gasteiger charge is -2.36. The van der Waals surface area contributed by atoms with Gasteiger partial charge >= 0.3 is 12.1 Å². The van der Waals surface area contributed by atoms with Crippen LogP contribution in [0.2, 0.25) is 0 Å². The summed E-state index contributed by atoms with van der Waals surface area (Å²) in [7, 11) is 0. The van der Waals surface area contributed by atoms with E-state index in [0.717, 1.165) is 0 Å². The number of carbonyl (C=O) groups is 2. The van der Waals surface area contributed by atoms with E-state index in [0.29, 0.717) is 32.7 Å². The monoisotopic (exact) mass is 362 g/mol. The maximum absolute atomic E-state index is 12.6. The second-order valence-electron chi connectivity index (χ2n) is 7.20. The minimum absolute atomic E-state index is 0.0568. The molecule has 2 aliphatic rings. The highest BCUT2D eigenvalue weighted by atomic mass is 32.2. The number of amides is 1. The largest absolute Gasteiger partial charge is 0.480 e. The predicted octanol–water partition coefficient (Wildman–Crippen LogP) is -0.394. The average molecular weight is 362 g/mol. The first-order valence-corrected chi connectivity index (χ1v) is 9.00. The fraction of sp³-hybridized carbons (Fsp3) is 0.857. The van der Waals surface area contributed by atoms with Crippen LogP contribution in [0.1, 0.15) is 27.2 Å². The second kappa shape index (κ2) is 6.95. The van der Waals surface area contributed by atoms with Gasteiger partial charge in [0, 0.05) is 39.3 Å². The Morgan fingerprint density at radius 3 is 2.17 bits per heavy atom. The van der Waals surface area contributed by atoms with Gasteiger partial charge in [0.1, 0.15) is 11.1 Å². The van der Waals surface area contributed by atoms with E-state index in [2.05, 4.69) is 0 Å². The highest BCUT2D eigenvalue weighted by molar-refractivity contribution is 7.80. The SMILES string of the molecule is CC(C)(C)OC(=O)N1CCN(S(=O)N2CC[C@](N)(C(=O)O)C2)CC1. The van der Waals surface area contributed by atoms with Crippen molar-refractivity contribution in [3.8, 4) is 0 Å². The summed E-state index contributed by atoms with van der Waals surface area (Å²) in [5.41, 5.74) is 3.93. The van der Waals surface area contributed by atoms with Crippen LogP contribution >= 0.6 is 0 Å². The Kier molecular flexibility index (Phi) is 5.53. The van der Waals surface area contributed by atoms with Crippen LogP contribution in [0, 0.1) is 0 Å². The first kappa shape index (κ1) is 19.1. The summed E-state index contributed by atoms with van der Waals surface area (Å²) in [6, 6.07) is 0.